The fourth-order valence-corrected chi connectivity index (χ4v) is 5.65. The maximum atomic E-state index is 16.2. The van der Waals surface area contributed by atoms with Crippen molar-refractivity contribution in [3.05, 3.63) is 86.8 Å². The van der Waals surface area contributed by atoms with Crippen molar-refractivity contribution < 1.29 is 23.7 Å². The molecule has 6 nitrogen and oxygen atoms in total. The molecule has 8 heteroatoms. The van der Waals surface area contributed by atoms with Crippen LogP contribution < -0.4 is 10.3 Å². The van der Waals surface area contributed by atoms with E-state index >= 15 is 4.39 Å². The second kappa shape index (κ2) is 11.2. The summed E-state index contributed by atoms with van der Waals surface area (Å²) in [4.78, 5) is 15.1. The Morgan fingerprint density at radius 2 is 1.69 bits per heavy atom. The fourth-order valence-electron chi connectivity index (χ4n) is 5.65. The molecule has 2 aromatic carbocycles. The molecule has 3 aromatic rings. The number of hydrogen-bond acceptors (Lipinski definition) is 5. The van der Waals surface area contributed by atoms with Crippen molar-refractivity contribution in [1.29, 1.82) is 0 Å². The number of hydrogen-bond donors (Lipinski definition) is 2. The van der Waals surface area contributed by atoms with Gasteiger partial charge in [-0.1, -0.05) is 12.1 Å². The minimum atomic E-state index is -1.67. The summed E-state index contributed by atoms with van der Waals surface area (Å²) in [6.45, 7) is 7.34. The van der Waals surface area contributed by atoms with Gasteiger partial charge in [-0.2, -0.15) is 0 Å². The number of aliphatic hydroxyl groups is 2. The highest BCUT2D eigenvalue weighted by Crippen LogP contribution is 2.48. The summed E-state index contributed by atoms with van der Waals surface area (Å²) in [5, 5.41) is 19.0. The van der Waals surface area contributed by atoms with E-state index in [-0.39, 0.29) is 40.8 Å². The Morgan fingerprint density at radius 3 is 2.28 bits per heavy atom. The first-order valence-corrected chi connectivity index (χ1v) is 13.7. The lowest BCUT2D eigenvalue weighted by Gasteiger charge is -2.34. The van der Waals surface area contributed by atoms with Crippen LogP contribution in [0, 0.1) is 18.6 Å². The van der Waals surface area contributed by atoms with Crippen LogP contribution in [0.1, 0.15) is 80.0 Å². The molecule has 208 valence electrons. The number of aliphatic hydroxyl groups excluding tert-OH is 1. The van der Waals surface area contributed by atoms with Gasteiger partial charge in [0.25, 0.3) is 5.56 Å². The largest absolute Gasteiger partial charge is 0.488 e. The Kier molecular flexibility index (Phi) is 7.89. The molecule has 1 saturated heterocycles. The van der Waals surface area contributed by atoms with E-state index in [2.05, 4.69) is 11.0 Å². The maximum Gasteiger partial charge on any atom is 0.254 e. The zero-order chi connectivity index (χ0) is 27.8. The average Bonchev–Trinajstić information content (AvgIpc) is 3.74. The van der Waals surface area contributed by atoms with Crippen molar-refractivity contribution in [2.75, 3.05) is 13.1 Å². The third-order valence-corrected chi connectivity index (χ3v) is 7.86. The number of aromatic nitrogens is 1. The average molecular weight is 539 g/mol. The molecule has 1 aromatic heterocycles. The van der Waals surface area contributed by atoms with Gasteiger partial charge in [0.15, 0.2) is 17.9 Å². The van der Waals surface area contributed by atoms with E-state index in [1.807, 2.05) is 13.8 Å². The summed E-state index contributed by atoms with van der Waals surface area (Å²) >= 11 is 0. The lowest BCUT2D eigenvalue weighted by atomic mass is 9.92. The normalized spacial score (nSPS) is 16.8. The molecule has 5 rings (SSSR count). The molecule has 2 N–H and O–H groups in total. The number of ether oxygens (including phenoxy) is 1. The SMILES string of the molecule is Cc1c(C(O)O)ccn(C2CCN(Cc3cc(C4CC4)c(-c4ccc(F)cc4)c(F)c3OC(C)C)CC2)c1=O. The number of piperidine rings is 1. The summed E-state index contributed by atoms with van der Waals surface area (Å²) in [7, 11) is 0. The van der Waals surface area contributed by atoms with Crippen molar-refractivity contribution in [2.45, 2.75) is 77.4 Å². The van der Waals surface area contributed by atoms with Gasteiger partial charge in [0.1, 0.15) is 5.82 Å². The number of pyridine rings is 1. The van der Waals surface area contributed by atoms with Gasteiger partial charge in [0, 0.05) is 54.1 Å². The highest BCUT2D eigenvalue weighted by atomic mass is 19.1. The van der Waals surface area contributed by atoms with Gasteiger partial charge in [-0.05, 0) is 87.8 Å². The van der Waals surface area contributed by atoms with Crippen LogP contribution in [-0.2, 0) is 6.54 Å². The summed E-state index contributed by atoms with van der Waals surface area (Å²) in [5.74, 6) is -0.212. The molecular formula is C31H36F2N2O4. The standard InChI is InChI=1S/C31H36F2N2O4/c1-18(2)39-29-22(16-26(20-4-5-20)27(28(29)33)21-6-8-23(32)9-7-21)17-34-13-10-24(11-14-34)35-15-12-25(31(37)38)19(3)30(35)36/h6-9,12,15-16,18,20,24,31,37-38H,4-5,10-11,13-14,17H2,1-3H3. The van der Waals surface area contributed by atoms with Crippen molar-refractivity contribution >= 4 is 0 Å². The smallest absolute Gasteiger partial charge is 0.254 e. The van der Waals surface area contributed by atoms with Crippen LogP contribution in [0.15, 0.2) is 47.4 Å². The summed E-state index contributed by atoms with van der Waals surface area (Å²) in [6.07, 6.45) is 3.24. The Labute approximate surface area is 227 Å². The zero-order valence-electron chi connectivity index (χ0n) is 22.7. The molecule has 2 aliphatic rings. The van der Waals surface area contributed by atoms with Crippen molar-refractivity contribution in [3.8, 4) is 16.9 Å². The number of benzene rings is 2. The molecule has 2 heterocycles. The molecule has 1 saturated carbocycles. The monoisotopic (exact) mass is 538 g/mol. The fraction of sp³-hybridized carbons (Fsp3) is 0.452. The van der Waals surface area contributed by atoms with Crippen molar-refractivity contribution in [3.63, 3.8) is 0 Å². The predicted octanol–water partition coefficient (Wildman–Crippen LogP) is 5.59. The van der Waals surface area contributed by atoms with Gasteiger partial charge in [0.2, 0.25) is 0 Å². The Morgan fingerprint density at radius 1 is 1.03 bits per heavy atom. The first kappa shape index (κ1) is 27.5. The summed E-state index contributed by atoms with van der Waals surface area (Å²) < 4.78 is 37.6. The van der Waals surface area contributed by atoms with Crippen LogP contribution in [0.5, 0.6) is 5.75 Å². The molecule has 0 bridgehead atoms. The molecule has 0 unspecified atom stereocenters. The lowest BCUT2D eigenvalue weighted by Crippen LogP contribution is -2.38. The van der Waals surface area contributed by atoms with E-state index in [4.69, 9.17) is 4.74 Å². The first-order chi connectivity index (χ1) is 18.6. The van der Waals surface area contributed by atoms with Crippen LogP contribution in [-0.4, -0.2) is 38.9 Å². The van der Waals surface area contributed by atoms with Crippen LogP contribution in [0.25, 0.3) is 11.1 Å². The second-order valence-electron chi connectivity index (χ2n) is 11.1. The quantitative estimate of drug-likeness (QED) is 0.366. The lowest BCUT2D eigenvalue weighted by molar-refractivity contribution is -0.0431. The van der Waals surface area contributed by atoms with Crippen LogP contribution >= 0.6 is 0 Å². The van der Waals surface area contributed by atoms with Crippen LogP contribution in [0.3, 0.4) is 0 Å². The maximum absolute atomic E-state index is 16.2. The number of rotatable bonds is 8. The van der Waals surface area contributed by atoms with Gasteiger partial charge in [-0.3, -0.25) is 9.69 Å². The van der Waals surface area contributed by atoms with E-state index in [1.165, 1.54) is 12.1 Å². The minimum absolute atomic E-state index is 0.00309. The predicted molar refractivity (Wildman–Crippen MR) is 146 cm³/mol. The van der Waals surface area contributed by atoms with Crippen LogP contribution in [0.2, 0.25) is 0 Å². The molecule has 0 atom stereocenters. The van der Waals surface area contributed by atoms with E-state index in [0.29, 0.717) is 23.2 Å². The second-order valence-corrected chi connectivity index (χ2v) is 11.1. The highest BCUT2D eigenvalue weighted by Gasteiger charge is 2.32. The Bertz CT molecular complexity index is 1390. The molecule has 0 radical (unpaired) electrons. The third-order valence-electron chi connectivity index (χ3n) is 7.86. The number of likely N-dealkylation sites (tertiary alicyclic amines) is 1. The van der Waals surface area contributed by atoms with E-state index in [1.54, 1.807) is 35.9 Å². The van der Waals surface area contributed by atoms with Gasteiger partial charge < -0.3 is 19.5 Å². The highest BCUT2D eigenvalue weighted by molar-refractivity contribution is 5.72. The molecule has 1 aliphatic carbocycles. The molecule has 0 spiro atoms. The summed E-state index contributed by atoms with van der Waals surface area (Å²) in [6, 6.07) is 9.65. The number of nitrogens with zero attached hydrogens (tertiary/aromatic N) is 2. The third kappa shape index (κ3) is 5.78. The van der Waals surface area contributed by atoms with Gasteiger partial charge in [-0.25, -0.2) is 8.78 Å². The summed E-state index contributed by atoms with van der Waals surface area (Å²) in [5.41, 5.74) is 3.27. The van der Waals surface area contributed by atoms with Gasteiger partial charge >= 0.3 is 0 Å². The van der Waals surface area contributed by atoms with Crippen LogP contribution in [0.4, 0.5) is 8.78 Å². The molecule has 0 amide bonds. The van der Waals surface area contributed by atoms with Crippen molar-refractivity contribution in [2.24, 2.45) is 0 Å². The Hall–Kier alpha value is -3.07. The van der Waals surface area contributed by atoms with E-state index < -0.39 is 12.1 Å². The van der Waals surface area contributed by atoms with Gasteiger partial charge in [0.05, 0.1) is 6.10 Å². The van der Waals surface area contributed by atoms with Crippen molar-refractivity contribution in [1.82, 2.24) is 9.47 Å². The zero-order valence-corrected chi connectivity index (χ0v) is 22.7. The molecule has 1 aliphatic heterocycles. The topological polar surface area (TPSA) is 74.9 Å². The Balaban J connectivity index is 1.40. The molecular weight excluding hydrogens is 502 g/mol. The minimum Gasteiger partial charge on any atom is -0.488 e. The van der Waals surface area contributed by atoms with Gasteiger partial charge in [-0.15, -0.1) is 0 Å². The van der Waals surface area contributed by atoms with E-state index in [9.17, 15) is 19.4 Å². The molecule has 39 heavy (non-hydrogen) atoms. The first-order valence-electron chi connectivity index (χ1n) is 13.7. The van der Waals surface area contributed by atoms with E-state index in [0.717, 1.165) is 49.9 Å². The molecule has 2 fully saturated rings. The number of halogens is 2.